The molecule has 0 aromatic heterocycles. The number of amides is 1. The van der Waals surface area contributed by atoms with Crippen molar-refractivity contribution in [2.75, 3.05) is 38.7 Å². The van der Waals surface area contributed by atoms with E-state index in [1.807, 2.05) is 17.1 Å². The molecule has 170 valence electrons. The van der Waals surface area contributed by atoms with Crippen LogP contribution in [0.3, 0.4) is 0 Å². The van der Waals surface area contributed by atoms with Crippen LogP contribution in [0.15, 0.2) is 37.0 Å². The maximum atomic E-state index is 13.6. The zero-order valence-corrected chi connectivity index (χ0v) is 21.3. The Hall–Kier alpha value is -0.600. The second-order valence-electron chi connectivity index (χ2n) is 8.74. The Morgan fingerprint density at radius 3 is 2.43 bits per heavy atom. The molecule has 1 heterocycles. The number of thiocarbonyl (C=S) groups is 1. The second-order valence-corrected chi connectivity index (χ2v) is 12.7. The zero-order chi connectivity index (χ0) is 22.8. The van der Waals surface area contributed by atoms with Crippen LogP contribution in [0, 0.1) is 11.3 Å². The van der Waals surface area contributed by atoms with Gasteiger partial charge in [0.2, 0.25) is 5.91 Å². The van der Waals surface area contributed by atoms with E-state index in [9.17, 15) is 4.79 Å². The Labute approximate surface area is 196 Å². The van der Waals surface area contributed by atoms with Gasteiger partial charge in [0.15, 0.2) is 0 Å². The summed E-state index contributed by atoms with van der Waals surface area (Å²) in [4.78, 5) is 15.6. The quantitative estimate of drug-likeness (QED) is 0.335. The normalized spacial score (nSPS) is 16.8. The van der Waals surface area contributed by atoms with E-state index in [0.717, 1.165) is 21.9 Å². The van der Waals surface area contributed by atoms with Gasteiger partial charge in [-0.15, -0.1) is 23.5 Å². The minimum Gasteiger partial charge on any atom is -0.396 e. The van der Waals surface area contributed by atoms with Crippen LogP contribution in [0.2, 0.25) is 0 Å². The van der Waals surface area contributed by atoms with Crippen LogP contribution in [-0.2, 0) is 9.53 Å². The van der Waals surface area contributed by atoms with Gasteiger partial charge in [-0.2, -0.15) is 0 Å². The summed E-state index contributed by atoms with van der Waals surface area (Å²) in [5, 5.41) is 9.10. The Balaban J connectivity index is 3.10. The van der Waals surface area contributed by atoms with Gasteiger partial charge >= 0.3 is 0 Å². The van der Waals surface area contributed by atoms with Crippen LogP contribution in [-0.4, -0.2) is 62.9 Å². The summed E-state index contributed by atoms with van der Waals surface area (Å²) in [6.07, 6.45) is 7.18. The molecule has 0 aromatic rings. The first kappa shape index (κ1) is 27.4. The lowest BCUT2D eigenvalue weighted by Crippen LogP contribution is -2.49. The smallest absolute Gasteiger partial charge is 0.227 e. The van der Waals surface area contributed by atoms with Gasteiger partial charge in [0, 0.05) is 23.6 Å². The minimum atomic E-state index is -0.372. The largest absolute Gasteiger partial charge is 0.396 e. The molecule has 7 heteroatoms. The number of aliphatic hydroxyl groups is 1. The summed E-state index contributed by atoms with van der Waals surface area (Å²) in [5.74, 6) is 0.551. The fraction of sp³-hybridized carbons (Fsp3) is 0.652. The van der Waals surface area contributed by atoms with E-state index in [-0.39, 0.29) is 28.6 Å². The van der Waals surface area contributed by atoms with E-state index in [1.165, 1.54) is 11.8 Å². The van der Waals surface area contributed by atoms with Gasteiger partial charge in [-0.25, -0.2) is 0 Å². The summed E-state index contributed by atoms with van der Waals surface area (Å²) in [5.41, 5.74) is 1.01. The van der Waals surface area contributed by atoms with Gasteiger partial charge in [0.25, 0.3) is 0 Å². The van der Waals surface area contributed by atoms with Crippen LogP contribution in [0.4, 0.5) is 0 Å². The molecule has 0 aliphatic carbocycles. The van der Waals surface area contributed by atoms with Crippen molar-refractivity contribution in [2.24, 2.45) is 11.3 Å². The van der Waals surface area contributed by atoms with Gasteiger partial charge in [0.1, 0.15) is 3.53 Å². The van der Waals surface area contributed by atoms with E-state index in [1.54, 1.807) is 17.8 Å². The molecule has 1 unspecified atom stereocenters. The van der Waals surface area contributed by atoms with Crippen LogP contribution < -0.4 is 0 Å². The highest BCUT2D eigenvalue weighted by Crippen LogP contribution is 2.44. The molecule has 1 rings (SSSR count). The molecule has 1 N–H and O–H groups in total. The number of hydrogen-bond acceptors (Lipinski definition) is 6. The van der Waals surface area contributed by atoms with Gasteiger partial charge in [-0.1, -0.05) is 57.5 Å². The van der Waals surface area contributed by atoms with Gasteiger partial charge in [-0.05, 0) is 37.7 Å². The van der Waals surface area contributed by atoms with Crippen molar-refractivity contribution >= 4 is 45.2 Å². The van der Waals surface area contributed by atoms with Crippen LogP contribution in [0.1, 0.15) is 40.5 Å². The highest BCUT2D eigenvalue weighted by molar-refractivity contribution is 8.47. The monoisotopic (exact) mass is 471 g/mol. The molecule has 0 spiro atoms. The van der Waals surface area contributed by atoms with Gasteiger partial charge in [0.05, 0.1) is 25.7 Å². The molecule has 1 aliphatic heterocycles. The number of carbonyl (C=O) groups is 1. The maximum absolute atomic E-state index is 13.6. The molecule has 0 saturated carbocycles. The highest BCUT2D eigenvalue weighted by Gasteiger charge is 2.42. The molecule has 1 fully saturated rings. The minimum absolute atomic E-state index is 0.0922. The van der Waals surface area contributed by atoms with E-state index in [2.05, 4.69) is 40.9 Å². The van der Waals surface area contributed by atoms with Gasteiger partial charge < -0.3 is 14.7 Å². The van der Waals surface area contributed by atoms with Crippen molar-refractivity contribution < 1.29 is 14.6 Å². The molecular formula is C23H37NO3S3. The number of allylic oxidation sites excluding steroid dienone is 4. The number of hydrogen-bond donors (Lipinski definition) is 1. The fourth-order valence-corrected chi connectivity index (χ4v) is 6.65. The van der Waals surface area contributed by atoms with Crippen molar-refractivity contribution in [3.8, 4) is 0 Å². The molecular weight excluding hydrogens is 434 g/mol. The fourth-order valence-electron chi connectivity index (χ4n) is 3.61. The lowest BCUT2D eigenvalue weighted by molar-refractivity contribution is -0.141. The van der Waals surface area contributed by atoms with Crippen molar-refractivity contribution in [1.29, 1.82) is 0 Å². The van der Waals surface area contributed by atoms with Crippen LogP contribution >= 0.6 is 35.7 Å². The Morgan fingerprint density at radius 2 is 1.90 bits per heavy atom. The van der Waals surface area contributed by atoms with Crippen LogP contribution in [0.25, 0.3) is 0 Å². The third-order valence-corrected chi connectivity index (χ3v) is 7.96. The van der Waals surface area contributed by atoms with Crippen molar-refractivity contribution in [3.63, 3.8) is 0 Å². The molecule has 0 bridgehead atoms. The molecule has 30 heavy (non-hydrogen) atoms. The average molecular weight is 472 g/mol. The SMILES string of the molecule is C=C/C=C(\C=C)CC(C)(C)CC(C(=O)N1CCOCC1)C(C)(C)SC(=S)SCCO. The maximum Gasteiger partial charge on any atom is 0.227 e. The number of thioether (sulfide) groups is 2. The summed E-state index contributed by atoms with van der Waals surface area (Å²) >= 11 is 8.58. The third kappa shape index (κ3) is 9.27. The number of morpholine rings is 1. The number of carbonyl (C=O) groups excluding carboxylic acids is 1. The number of nitrogens with zero attached hydrogens (tertiary/aromatic N) is 1. The predicted molar refractivity (Wildman–Crippen MR) is 136 cm³/mol. The van der Waals surface area contributed by atoms with E-state index in [4.69, 9.17) is 22.1 Å². The molecule has 4 nitrogen and oxygen atoms in total. The van der Waals surface area contributed by atoms with Gasteiger partial charge in [-0.3, -0.25) is 4.79 Å². The Kier molecular flexibility index (Phi) is 11.9. The molecule has 1 atom stereocenters. The Bertz CT molecular complexity index is 638. The lowest BCUT2D eigenvalue weighted by Gasteiger charge is -2.41. The first-order valence-corrected chi connectivity index (χ1v) is 12.5. The van der Waals surface area contributed by atoms with E-state index >= 15 is 0 Å². The summed E-state index contributed by atoms with van der Waals surface area (Å²) in [6.45, 7) is 18.9. The zero-order valence-electron chi connectivity index (χ0n) is 18.8. The predicted octanol–water partition coefficient (Wildman–Crippen LogP) is 5.09. The van der Waals surface area contributed by atoms with E-state index in [0.29, 0.717) is 32.1 Å². The highest BCUT2D eigenvalue weighted by atomic mass is 32.2. The second kappa shape index (κ2) is 13.1. The first-order valence-electron chi connectivity index (χ1n) is 10.3. The lowest BCUT2D eigenvalue weighted by atomic mass is 9.74. The molecule has 1 saturated heterocycles. The first-order chi connectivity index (χ1) is 14.1. The summed E-state index contributed by atoms with van der Waals surface area (Å²) in [6, 6.07) is 0. The summed E-state index contributed by atoms with van der Waals surface area (Å²) < 4.78 is 5.84. The third-order valence-electron chi connectivity index (χ3n) is 5.15. The molecule has 0 aromatic carbocycles. The van der Waals surface area contributed by atoms with Crippen molar-refractivity contribution in [2.45, 2.75) is 45.3 Å². The number of rotatable bonds is 11. The standard InChI is InChI=1S/C23H37NO3S3/c1-7-9-18(8-2)16-22(3,4)17-19(20(26)24-10-13-27-14-11-24)23(5,6)30-21(28)29-15-12-25/h7-9,19,25H,1-2,10-17H2,3-6H3/b18-9+. The van der Waals surface area contributed by atoms with Crippen LogP contribution in [0.5, 0.6) is 0 Å². The number of aliphatic hydroxyl groups excluding tert-OH is 1. The number of ether oxygens (including phenoxy) is 1. The molecule has 1 amide bonds. The summed E-state index contributed by atoms with van der Waals surface area (Å²) in [7, 11) is 0. The molecule has 0 radical (unpaired) electrons. The Morgan fingerprint density at radius 1 is 1.27 bits per heavy atom. The van der Waals surface area contributed by atoms with Crippen molar-refractivity contribution in [3.05, 3.63) is 37.0 Å². The topological polar surface area (TPSA) is 49.8 Å². The van der Waals surface area contributed by atoms with Crippen molar-refractivity contribution in [1.82, 2.24) is 4.90 Å². The molecule has 1 aliphatic rings. The average Bonchev–Trinajstić information content (AvgIpc) is 2.69. The van der Waals surface area contributed by atoms with E-state index < -0.39 is 0 Å².